The number of alkyl halides is 2. The summed E-state index contributed by atoms with van der Waals surface area (Å²) >= 11 is 11.3. The quantitative estimate of drug-likeness (QED) is 0.498. The van der Waals surface area contributed by atoms with Crippen LogP contribution in [0.4, 0.5) is 0 Å². The lowest BCUT2D eigenvalue weighted by Crippen LogP contribution is -2.09. The molecule has 0 aliphatic carbocycles. The van der Waals surface area contributed by atoms with Crippen LogP contribution in [0.1, 0.15) is 0 Å². The fraction of sp³-hybridized carbons (Fsp3) is 1.00. The highest BCUT2D eigenvalue weighted by Crippen LogP contribution is 2.19. The van der Waals surface area contributed by atoms with Gasteiger partial charge in [0.15, 0.2) is 0 Å². The van der Waals surface area contributed by atoms with Crippen molar-refractivity contribution >= 4 is 34.0 Å². The summed E-state index contributed by atoms with van der Waals surface area (Å²) in [5.74, 6) is 1.13. The fourth-order valence-electron chi connectivity index (χ4n) is 0.632. The van der Waals surface area contributed by atoms with Crippen molar-refractivity contribution in [1.82, 2.24) is 0 Å². The van der Waals surface area contributed by atoms with Gasteiger partial charge in [-0.25, -0.2) is 0 Å². The normalized spacial score (nSPS) is 47.5. The van der Waals surface area contributed by atoms with Crippen LogP contribution in [0, 0.1) is 0 Å². The highest BCUT2D eigenvalue weighted by atomic mass is 35.5. The minimum absolute atomic E-state index is 0.0718. The first-order valence-electron chi connectivity index (χ1n) is 2.33. The Morgan fingerprint density at radius 3 is 1.75 bits per heavy atom. The summed E-state index contributed by atoms with van der Waals surface area (Å²) in [7, 11) is -0.747. The molecule has 1 saturated heterocycles. The molecule has 1 heterocycles. The lowest BCUT2D eigenvalue weighted by Gasteiger charge is -1.97. The van der Waals surface area contributed by atoms with Gasteiger partial charge in [0.1, 0.15) is 0 Å². The summed E-state index contributed by atoms with van der Waals surface area (Å²) < 4.78 is 10.6. The Balaban J connectivity index is 2.51. The van der Waals surface area contributed by atoms with E-state index in [0.717, 1.165) is 0 Å². The zero-order valence-corrected chi connectivity index (χ0v) is 6.47. The molecular formula is C4H6Cl2OS. The van der Waals surface area contributed by atoms with Crippen LogP contribution in [0.5, 0.6) is 0 Å². The Morgan fingerprint density at radius 2 is 1.62 bits per heavy atom. The predicted molar refractivity (Wildman–Crippen MR) is 37.2 cm³/mol. The molecule has 1 aliphatic heterocycles. The van der Waals surface area contributed by atoms with Gasteiger partial charge in [0, 0.05) is 22.3 Å². The largest absolute Gasteiger partial charge is 0.259 e. The first kappa shape index (κ1) is 6.84. The van der Waals surface area contributed by atoms with Crippen LogP contribution in [0.25, 0.3) is 0 Å². The van der Waals surface area contributed by atoms with Crippen LogP contribution in [0.3, 0.4) is 0 Å². The molecular weight excluding hydrogens is 167 g/mol. The van der Waals surface area contributed by atoms with Crippen LogP contribution in [0.15, 0.2) is 0 Å². The standard InChI is InChI=1S/C4H6Cl2OS/c5-3-1-8(7)2-4(3)6/h3-4H,1-2H2. The van der Waals surface area contributed by atoms with Gasteiger partial charge in [-0.15, -0.1) is 23.2 Å². The van der Waals surface area contributed by atoms with Gasteiger partial charge in [-0.3, -0.25) is 4.21 Å². The molecule has 0 aromatic rings. The van der Waals surface area contributed by atoms with Crippen LogP contribution in [0.2, 0.25) is 0 Å². The van der Waals surface area contributed by atoms with E-state index in [2.05, 4.69) is 0 Å². The van der Waals surface area contributed by atoms with Crippen LogP contribution in [-0.2, 0) is 10.8 Å². The molecule has 1 rings (SSSR count). The Labute approximate surface area is 60.8 Å². The zero-order valence-electron chi connectivity index (χ0n) is 4.14. The number of hydrogen-bond donors (Lipinski definition) is 0. The molecule has 1 aliphatic rings. The summed E-state index contributed by atoms with van der Waals surface area (Å²) in [4.78, 5) is 0. The second kappa shape index (κ2) is 2.54. The van der Waals surface area contributed by atoms with Crippen molar-refractivity contribution in [3.05, 3.63) is 0 Å². The Morgan fingerprint density at radius 1 is 1.25 bits per heavy atom. The number of halogens is 2. The van der Waals surface area contributed by atoms with Gasteiger partial charge < -0.3 is 0 Å². The van der Waals surface area contributed by atoms with Crippen molar-refractivity contribution in [2.24, 2.45) is 0 Å². The molecule has 0 amide bonds. The van der Waals surface area contributed by atoms with Crippen molar-refractivity contribution < 1.29 is 4.21 Å². The summed E-state index contributed by atoms with van der Waals surface area (Å²) in [6.07, 6.45) is 0. The molecule has 0 aromatic carbocycles. The van der Waals surface area contributed by atoms with Gasteiger partial charge in [-0.05, 0) is 0 Å². The maximum absolute atomic E-state index is 10.6. The fourth-order valence-corrected chi connectivity index (χ4v) is 3.18. The molecule has 0 aromatic heterocycles. The van der Waals surface area contributed by atoms with E-state index < -0.39 is 10.8 Å². The van der Waals surface area contributed by atoms with Gasteiger partial charge >= 0.3 is 0 Å². The SMILES string of the molecule is O=S1CC(Cl)C(Cl)C1. The minimum atomic E-state index is -0.747. The second-order valence-corrected chi connectivity index (χ2v) is 4.47. The van der Waals surface area contributed by atoms with Gasteiger partial charge in [0.2, 0.25) is 0 Å². The van der Waals surface area contributed by atoms with Crippen molar-refractivity contribution in [1.29, 1.82) is 0 Å². The highest BCUT2D eigenvalue weighted by Gasteiger charge is 2.28. The molecule has 2 unspecified atom stereocenters. The maximum atomic E-state index is 10.6. The molecule has 0 N–H and O–H groups in total. The maximum Gasteiger partial charge on any atom is 0.0623 e. The van der Waals surface area contributed by atoms with E-state index in [1.165, 1.54) is 0 Å². The Kier molecular flexibility index (Phi) is 2.18. The highest BCUT2D eigenvalue weighted by molar-refractivity contribution is 7.85. The van der Waals surface area contributed by atoms with E-state index in [9.17, 15) is 4.21 Å². The summed E-state index contributed by atoms with van der Waals surface area (Å²) in [5, 5.41) is -0.144. The molecule has 0 bridgehead atoms. The van der Waals surface area contributed by atoms with Gasteiger partial charge in [-0.1, -0.05) is 0 Å². The van der Waals surface area contributed by atoms with E-state index in [1.807, 2.05) is 0 Å². The molecule has 8 heavy (non-hydrogen) atoms. The van der Waals surface area contributed by atoms with Crippen molar-refractivity contribution in [3.8, 4) is 0 Å². The number of rotatable bonds is 0. The average Bonchev–Trinajstić information content (AvgIpc) is 1.85. The molecule has 1 nitrogen and oxygen atoms in total. The van der Waals surface area contributed by atoms with Crippen LogP contribution < -0.4 is 0 Å². The summed E-state index contributed by atoms with van der Waals surface area (Å²) in [6.45, 7) is 0. The Hall–Kier alpha value is 0.730. The van der Waals surface area contributed by atoms with E-state index in [0.29, 0.717) is 11.5 Å². The molecule has 2 atom stereocenters. The van der Waals surface area contributed by atoms with E-state index in [4.69, 9.17) is 23.2 Å². The van der Waals surface area contributed by atoms with Crippen LogP contribution in [-0.4, -0.2) is 26.5 Å². The zero-order chi connectivity index (χ0) is 6.15. The molecule has 0 saturated carbocycles. The topological polar surface area (TPSA) is 17.1 Å². The lowest BCUT2D eigenvalue weighted by molar-refractivity contribution is 0.687. The van der Waals surface area contributed by atoms with Gasteiger partial charge in [0.25, 0.3) is 0 Å². The van der Waals surface area contributed by atoms with E-state index in [-0.39, 0.29) is 10.8 Å². The third-order valence-corrected chi connectivity index (χ3v) is 3.96. The number of hydrogen-bond acceptors (Lipinski definition) is 1. The third-order valence-electron chi connectivity index (χ3n) is 1.08. The van der Waals surface area contributed by atoms with Gasteiger partial charge in [0.05, 0.1) is 10.8 Å². The molecule has 4 heteroatoms. The Bertz CT molecular complexity index is 105. The first-order valence-corrected chi connectivity index (χ1v) is 4.69. The second-order valence-electron chi connectivity index (χ2n) is 1.81. The van der Waals surface area contributed by atoms with Crippen molar-refractivity contribution in [3.63, 3.8) is 0 Å². The van der Waals surface area contributed by atoms with Gasteiger partial charge in [-0.2, -0.15) is 0 Å². The summed E-state index contributed by atoms with van der Waals surface area (Å²) in [6, 6.07) is 0. The predicted octanol–water partition coefficient (Wildman–Crippen LogP) is 0.964. The molecule has 0 spiro atoms. The lowest BCUT2D eigenvalue weighted by atomic mass is 10.4. The average molecular weight is 173 g/mol. The summed E-state index contributed by atoms with van der Waals surface area (Å²) in [5.41, 5.74) is 0. The smallest absolute Gasteiger partial charge is 0.0623 e. The van der Waals surface area contributed by atoms with Crippen molar-refractivity contribution in [2.45, 2.75) is 10.8 Å². The molecule has 1 fully saturated rings. The van der Waals surface area contributed by atoms with E-state index in [1.54, 1.807) is 0 Å². The minimum Gasteiger partial charge on any atom is -0.259 e. The monoisotopic (exact) mass is 172 g/mol. The third kappa shape index (κ3) is 1.36. The van der Waals surface area contributed by atoms with Crippen LogP contribution >= 0.6 is 23.2 Å². The molecule has 48 valence electrons. The van der Waals surface area contributed by atoms with E-state index >= 15 is 0 Å². The first-order chi connectivity index (χ1) is 3.70. The molecule has 0 radical (unpaired) electrons. The van der Waals surface area contributed by atoms with Crippen molar-refractivity contribution in [2.75, 3.05) is 11.5 Å².